The number of amides is 1. The molecular weight excluding hydrogens is 382 g/mol. The van der Waals surface area contributed by atoms with Crippen molar-refractivity contribution in [1.82, 2.24) is 4.90 Å². The van der Waals surface area contributed by atoms with Gasteiger partial charge in [-0.15, -0.1) is 0 Å². The van der Waals surface area contributed by atoms with Gasteiger partial charge in [-0.3, -0.25) is 4.79 Å². The highest BCUT2D eigenvalue weighted by Gasteiger charge is 2.36. The van der Waals surface area contributed by atoms with E-state index in [1.54, 1.807) is 0 Å². The molecule has 0 saturated carbocycles. The monoisotopic (exact) mass is 409 g/mol. The molecule has 0 fully saturated rings. The third-order valence-corrected chi connectivity index (χ3v) is 6.47. The van der Waals surface area contributed by atoms with Crippen LogP contribution in [0.3, 0.4) is 0 Å². The molecule has 158 valence electrons. The summed E-state index contributed by atoms with van der Waals surface area (Å²) in [6.45, 7) is 0.0342. The number of ether oxygens (including phenoxy) is 1. The summed E-state index contributed by atoms with van der Waals surface area (Å²) in [7, 11) is 1.29. The Labute approximate surface area is 176 Å². The molecule has 1 aromatic carbocycles. The topological polar surface area (TPSA) is 103 Å². The molecule has 30 heavy (non-hydrogen) atoms. The number of hydrogen-bond donors (Lipinski definition) is 2. The second-order valence-corrected chi connectivity index (χ2v) is 8.11. The molecule has 7 nitrogen and oxygen atoms in total. The fourth-order valence-electron chi connectivity index (χ4n) is 5.07. The molecule has 1 heterocycles. The van der Waals surface area contributed by atoms with Gasteiger partial charge in [0.2, 0.25) is 0 Å². The summed E-state index contributed by atoms with van der Waals surface area (Å²) in [5, 5.41) is 22.6. The Hall–Kier alpha value is -2.85. The minimum atomic E-state index is -0.573. The fraction of sp³-hybridized carbons (Fsp3) is 0.522. The van der Waals surface area contributed by atoms with Crippen molar-refractivity contribution in [2.75, 3.05) is 32.1 Å². The van der Waals surface area contributed by atoms with E-state index in [0.717, 1.165) is 62.5 Å². The number of carbonyl (C=O) groups excluding carboxylic acids is 2. The lowest BCUT2D eigenvalue weighted by molar-refractivity contribution is -0.136. The van der Waals surface area contributed by atoms with Crippen LogP contribution in [0.15, 0.2) is 11.3 Å². The van der Waals surface area contributed by atoms with E-state index in [1.807, 2.05) is 0 Å². The van der Waals surface area contributed by atoms with Crippen LogP contribution in [0, 0.1) is 11.3 Å². The summed E-state index contributed by atoms with van der Waals surface area (Å²) < 4.78 is 4.89. The van der Waals surface area contributed by atoms with E-state index in [-0.39, 0.29) is 36.9 Å². The van der Waals surface area contributed by atoms with Gasteiger partial charge >= 0.3 is 5.97 Å². The van der Waals surface area contributed by atoms with Crippen molar-refractivity contribution in [3.63, 3.8) is 0 Å². The second kappa shape index (κ2) is 8.49. The third-order valence-electron chi connectivity index (χ3n) is 6.47. The molecule has 0 saturated heterocycles. The SMILES string of the molecule is COC(=O)C1=C(Nc2c(C#N)c3c(c4c2CCCC4)CCCC3)C(=O)N(CCO)C1. The number of β-amino-alcohol motifs (C(OH)–C–C–N with tert-alkyl or cyclic N) is 1. The predicted octanol–water partition coefficient (Wildman–Crippen LogP) is 1.99. The van der Waals surface area contributed by atoms with Crippen molar-refractivity contribution >= 4 is 17.6 Å². The molecule has 2 N–H and O–H groups in total. The maximum atomic E-state index is 13.0. The van der Waals surface area contributed by atoms with Crippen LogP contribution in [0.1, 0.15) is 53.5 Å². The van der Waals surface area contributed by atoms with E-state index in [9.17, 15) is 20.0 Å². The Morgan fingerprint density at radius 2 is 1.70 bits per heavy atom. The Morgan fingerprint density at radius 1 is 1.10 bits per heavy atom. The highest BCUT2D eigenvalue weighted by molar-refractivity contribution is 6.09. The summed E-state index contributed by atoms with van der Waals surface area (Å²) >= 11 is 0. The van der Waals surface area contributed by atoms with Crippen LogP contribution in [-0.2, 0) is 40.0 Å². The minimum Gasteiger partial charge on any atom is -0.466 e. The average Bonchev–Trinajstić information content (AvgIpc) is 3.09. The van der Waals surface area contributed by atoms with Crippen LogP contribution in [0.4, 0.5) is 5.69 Å². The van der Waals surface area contributed by atoms with Crippen molar-refractivity contribution in [2.45, 2.75) is 51.4 Å². The zero-order valence-corrected chi connectivity index (χ0v) is 17.3. The number of esters is 1. The van der Waals surface area contributed by atoms with E-state index >= 15 is 0 Å². The predicted molar refractivity (Wildman–Crippen MR) is 111 cm³/mol. The molecule has 7 heteroatoms. The van der Waals surface area contributed by atoms with Crippen molar-refractivity contribution in [3.8, 4) is 6.07 Å². The van der Waals surface area contributed by atoms with E-state index in [1.165, 1.54) is 23.1 Å². The molecule has 4 rings (SSSR count). The number of methoxy groups -OCH3 is 1. The van der Waals surface area contributed by atoms with Crippen LogP contribution in [0.25, 0.3) is 0 Å². The van der Waals surface area contributed by atoms with Gasteiger partial charge in [-0.25, -0.2) is 4.79 Å². The summed E-state index contributed by atoms with van der Waals surface area (Å²) in [6, 6.07) is 2.39. The van der Waals surface area contributed by atoms with Crippen LogP contribution in [0.2, 0.25) is 0 Å². The number of benzene rings is 1. The number of nitriles is 1. The Balaban J connectivity index is 1.85. The molecule has 0 atom stereocenters. The van der Waals surface area contributed by atoms with Crippen molar-refractivity contribution in [1.29, 1.82) is 5.26 Å². The van der Waals surface area contributed by atoms with Gasteiger partial charge in [0.05, 0.1) is 37.1 Å². The van der Waals surface area contributed by atoms with E-state index in [0.29, 0.717) is 11.3 Å². The molecule has 0 aromatic heterocycles. The lowest BCUT2D eigenvalue weighted by Gasteiger charge is -2.30. The first-order valence-corrected chi connectivity index (χ1v) is 10.7. The number of fused-ring (bicyclic) bond motifs is 3. The van der Waals surface area contributed by atoms with Crippen molar-refractivity contribution < 1.29 is 19.4 Å². The summed E-state index contributed by atoms with van der Waals surface area (Å²) in [5.74, 6) is -0.924. The number of aliphatic hydroxyl groups is 1. The fourth-order valence-corrected chi connectivity index (χ4v) is 5.07. The highest BCUT2D eigenvalue weighted by Crippen LogP contribution is 2.41. The summed E-state index contributed by atoms with van der Waals surface area (Å²) in [6.07, 6.45) is 8.09. The standard InChI is InChI=1S/C23H27N3O4/c1-30-23(29)19-13-26(10-11-27)22(28)21(19)25-20-17-9-5-4-7-15(17)14-6-2-3-8-16(14)18(20)12-24/h25,27H,2-11,13H2,1H3. The van der Waals surface area contributed by atoms with Crippen LogP contribution >= 0.6 is 0 Å². The quantitative estimate of drug-likeness (QED) is 0.721. The van der Waals surface area contributed by atoms with Crippen molar-refractivity contribution in [2.24, 2.45) is 0 Å². The first kappa shape index (κ1) is 20.4. The first-order chi connectivity index (χ1) is 14.6. The molecule has 0 radical (unpaired) electrons. The number of anilines is 1. The number of aliphatic hydroxyl groups excluding tert-OH is 1. The molecule has 1 amide bonds. The maximum absolute atomic E-state index is 13.0. The number of carbonyl (C=O) groups is 2. The maximum Gasteiger partial charge on any atom is 0.337 e. The lowest BCUT2D eigenvalue weighted by atomic mass is 9.77. The average molecular weight is 409 g/mol. The summed E-state index contributed by atoms with van der Waals surface area (Å²) in [4.78, 5) is 26.8. The first-order valence-electron chi connectivity index (χ1n) is 10.7. The third kappa shape index (κ3) is 3.35. The molecule has 0 unspecified atom stereocenters. The zero-order valence-electron chi connectivity index (χ0n) is 17.3. The van der Waals surface area contributed by atoms with E-state index < -0.39 is 5.97 Å². The molecule has 3 aliphatic rings. The second-order valence-electron chi connectivity index (χ2n) is 8.11. The molecule has 0 bridgehead atoms. The zero-order chi connectivity index (χ0) is 21.3. The van der Waals surface area contributed by atoms with Crippen LogP contribution < -0.4 is 5.32 Å². The normalized spacial score (nSPS) is 18.0. The largest absolute Gasteiger partial charge is 0.466 e. The Kier molecular flexibility index (Phi) is 5.78. The minimum absolute atomic E-state index is 0.0867. The van der Waals surface area contributed by atoms with Gasteiger partial charge in [0.15, 0.2) is 0 Å². The molecule has 1 aliphatic heterocycles. The Bertz CT molecular complexity index is 974. The van der Waals surface area contributed by atoms with Gasteiger partial charge in [-0.2, -0.15) is 5.26 Å². The van der Waals surface area contributed by atoms with Gasteiger partial charge in [-0.1, -0.05) is 0 Å². The number of rotatable bonds is 5. The summed E-state index contributed by atoms with van der Waals surface area (Å²) in [5.41, 5.74) is 6.57. The highest BCUT2D eigenvalue weighted by atomic mass is 16.5. The van der Waals surface area contributed by atoms with Crippen LogP contribution in [0.5, 0.6) is 0 Å². The smallest absolute Gasteiger partial charge is 0.337 e. The van der Waals surface area contributed by atoms with Gasteiger partial charge in [0.1, 0.15) is 11.8 Å². The number of nitrogens with zero attached hydrogens (tertiary/aromatic N) is 2. The van der Waals surface area contributed by atoms with Gasteiger partial charge in [-0.05, 0) is 73.6 Å². The van der Waals surface area contributed by atoms with E-state index in [2.05, 4.69) is 11.4 Å². The van der Waals surface area contributed by atoms with Crippen molar-refractivity contribution in [3.05, 3.63) is 39.1 Å². The number of nitrogens with one attached hydrogen (secondary N) is 1. The molecule has 1 aromatic rings. The van der Waals surface area contributed by atoms with Crippen LogP contribution in [-0.4, -0.2) is 48.7 Å². The van der Waals surface area contributed by atoms with Gasteiger partial charge < -0.3 is 20.1 Å². The van der Waals surface area contributed by atoms with Gasteiger partial charge in [0.25, 0.3) is 5.91 Å². The number of hydrogen-bond acceptors (Lipinski definition) is 6. The molecule has 2 aliphatic carbocycles. The Morgan fingerprint density at radius 3 is 2.30 bits per heavy atom. The lowest BCUT2D eigenvalue weighted by Crippen LogP contribution is -2.31. The van der Waals surface area contributed by atoms with Gasteiger partial charge in [0, 0.05) is 6.54 Å². The molecular formula is C23H27N3O4. The molecule has 0 spiro atoms. The van der Waals surface area contributed by atoms with E-state index in [4.69, 9.17) is 4.74 Å².